The second-order valence-corrected chi connectivity index (χ2v) is 6.31. The Morgan fingerprint density at radius 1 is 1.33 bits per heavy atom. The SMILES string of the molecule is CCN(C(=O)c1ccc(F)cc1C)C1CC2CCC(C1)N2. The maximum absolute atomic E-state index is 13.2. The topological polar surface area (TPSA) is 32.3 Å². The third-order valence-electron chi connectivity index (χ3n) is 4.91. The summed E-state index contributed by atoms with van der Waals surface area (Å²) in [5.74, 6) is -0.242. The van der Waals surface area contributed by atoms with Gasteiger partial charge in [0.25, 0.3) is 5.91 Å². The Morgan fingerprint density at radius 2 is 2.00 bits per heavy atom. The average molecular weight is 290 g/mol. The molecule has 1 aromatic rings. The van der Waals surface area contributed by atoms with Crippen LogP contribution < -0.4 is 5.32 Å². The lowest BCUT2D eigenvalue weighted by Crippen LogP contribution is -2.50. The molecule has 3 rings (SSSR count). The van der Waals surface area contributed by atoms with Crippen LogP contribution in [0.1, 0.15) is 48.5 Å². The molecule has 114 valence electrons. The van der Waals surface area contributed by atoms with Gasteiger partial charge in [0.05, 0.1) is 0 Å². The number of hydrogen-bond acceptors (Lipinski definition) is 2. The minimum atomic E-state index is -0.285. The van der Waals surface area contributed by atoms with Crippen molar-refractivity contribution < 1.29 is 9.18 Å². The summed E-state index contributed by atoms with van der Waals surface area (Å²) in [5, 5.41) is 3.61. The van der Waals surface area contributed by atoms with Crippen molar-refractivity contribution in [3.05, 3.63) is 35.1 Å². The van der Waals surface area contributed by atoms with Crippen molar-refractivity contribution in [2.45, 2.75) is 57.7 Å². The molecule has 0 aromatic heterocycles. The fourth-order valence-electron chi connectivity index (χ4n) is 3.87. The molecule has 0 spiro atoms. The van der Waals surface area contributed by atoms with Crippen LogP contribution in [0.4, 0.5) is 4.39 Å². The van der Waals surface area contributed by atoms with E-state index >= 15 is 0 Å². The lowest BCUT2D eigenvalue weighted by atomic mass is 9.96. The van der Waals surface area contributed by atoms with Crippen molar-refractivity contribution in [3.63, 3.8) is 0 Å². The van der Waals surface area contributed by atoms with Crippen LogP contribution in [0, 0.1) is 12.7 Å². The van der Waals surface area contributed by atoms with E-state index in [0.717, 1.165) is 18.4 Å². The van der Waals surface area contributed by atoms with Crippen LogP contribution in [0.3, 0.4) is 0 Å². The Kier molecular flexibility index (Phi) is 3.98. The fraction of sp³-hybridized carbons (Fsp3) is 0.588. The number of aryl methyl sites for hydroxylation is 1. The lowest BCUT2D eigenvalue weighted by Gasteiger charge is -2.37. The molecule has 2 unspecified atom stereocenters. The van der Waals surface area contributed by atoms with Gasteiger partial charge in [-0.15, -0.1) is 0 Å². The van der Waals surface area contributed by atoms with E-state index in [2.05, 4.69) is 5.32 Å². The fourth-order valence-corrected chi connectivity index (χ4v) is 3.87. The molecule has 1 aromatic carbocycles. The van der Waals surface area contributed by atoms with Gasteiger partial charge in [-0.25, -0.2) is 4.39 Å². The van der Waals surface area contributed by atoms with Crippen LogP contribution in [-0.4, -0.2) is 35.5 Å². The predicted octanol–water partition coefficient (Wildman–Crippen LogP) is 2.88. The summed E-state index contributed by atoms with van der Waals surface area (Å²) in [4.78, 5) is 14.8. The van der Waals surface area contributed by atoms with Gasteiger partial charge in [-0.05, 0) is 63.3 Å². The van der Waals surface area contributed by atoms with Crippen LogP contribution >= 0.6 is 0 Å². The first-order valence-corrected chi connectivity index (χ1v) is 7.91. The lowest BCUT2D eigenvalue weighted by molar-refractivity contribution is 0.0630. The third kappa shape index (κ3) is 2.82. The first-order valence-electron chi connectivity index (χ1n) is 7.91. The summed E-state index contributed by atoms with van der Waals surface area (Å²) in [7, 11) is 0. The van der Waals surface area contributed by atoms with Gasteiger partial charge in [0.1, 0.15) is 5.82 Å². The molecule has 2 heterocycles. The first kappa shape index (κ1) is 14.5. The molecule has 2 aliphatic heterocycles. The van der Waals surface area contributed by atoms with Gasteiger partial charge in [0.2, 0.25) is 0 Å². The Morgan fingerprint density at radius 3 is 2.57 bits per heavy atom. The second-order valence-electron chi connectivity index (χ2n) is 6.31. The van der Waals surface area contributed by atoms with Crippen molar-refractivity contribution in [2.75, 3.05) is 6.54 Å². The van der Waals surface area contributed by atoms with E-state index in [1.807, 2.05) is 11.8 Å². The number of halogens is 1. The van der Waals surface area contributed by atoms with Crippen LogP contribution in [0.15, 0.2) is 18.2 Å². The van der Waals surface area contributed by atoms with Gasteiger partial charge in [0.15, 0.2) is 0 Å². The quantitative estimate of drug-likeness (QED) is 0.928. The zero-order valence-corrected chi connectivity index (χ0v) is 12.7. The summed E-state index contributed by atoms with van der Waals surface area (Å²) in [5.41, 5.74) is 1.35. The summed E-state index contributed by atoms with van der Waals surface area (Å²) in [6.45, 7) is 4.54. The maximum atomic E-state index is 13.2. The van der Waals surface area contributed by atoms with Gasteiger partial charge >= 0.3 is 0 Å². The Labute approximate surface area is 125 Å². The van der Waals surface area contributed by atoms with E-state index in [1.165, 1.54) is 25.0 Å². The number of benzene rings is 1. The molecule has 2 bridgehead atoms. The van der Waals surface area contributed by atoms with Crippen molar-refractivity contribution in [1.82, 2.24) is 10.2 Å². The Balaban J connectivity index is 1.80. The van der Waals surface area contributed by atoms with Crippen LogP contribution in [-0.2, 0) is 0 Å². The Hall–Kier alpha value is -1.42. The Bertz CT molecular complexity index is 534. The average Bonchev–Trinajstić information content (AvgIpc) is 2.78. The minimum absolute atomic E-state index is 0.0429. The van der Waals surface area contributed by atoms with E-state index in [1.54, 1.807) is 13.0 Å². The number of amides is 1. The molecule has 0 saturated carbocycles. The molecule has 2 atom stereocenters. The van der Waals surface area contributed by atoms with Gasteiger partial charge in [0, 0.05) is 30.2 Å². The van der Waals surface area contributed by atoms with Gasteiger partial charge < -0.3 is 10.2 Å². The molecule has 4 heteroatoms. The molecular formula is C17H23FN2O. The van der Waals surface area contributed by atoms with Gasteiger partial charge in [-0.3, -0.25) is 4.79 Å². The highest BCUT2D eigenvalue weighted by atomic mass is 19.1. The van der Waals surface area contributed by atoms with Gasteiger partial charge in [-0.2, -0.15) is 0 Å². The molecule has 1 amide bonds. The van der Waals surface area contributed by atoms with Gasteiger partial charge in [-0.1, -0.05) is 0 Å². The molecule has 2 fully saturated rings. The van der Waals surface area contributed by atoms with Crippen molar-refractivity contribution in [1.29, 1.82) is 0 Å². The van der Waals surface area contributed by atoms with Crippen LogP contribution in [0.2, 0.25) is 0 Å². The number of piperidine rings is 1. The van der Waals surface area contributed by atoms with E-state index in [-0.39, 0.29) is 11.7 Å². The molecular weight excluding hydrogens is 267 g/mol. The monoisotopic (exact) mass is 290 g/mol. The minimum Gasteiger partial charge on any atom is -0.336 e. The zero-order valence-electron chi connectivity index (χ0n) is 12.7. The molecule has 0 radical (unpaired) electrons. The third-order valence-corrected chi connectivity index (χ3v) is 4.91. The number of rotatable bonds is 3. The van der Waals surface area contributed by atoms with E-state index in [9.17, 15) is 9.18 Å². The summed E-state index contributed by atoms with van der Waals surface area (Å²) in [6.07, 6.45) is 4.53. The number of nitrogens with one attached hydrogen (secondary N) is 1. The van der Waals surface area contributed by atoms with Crippen LogP contribution in [0.5, 0.6) is 0 Å². The second kappa shape index (κ2) is 5.76. The molecule has 0 aliphatic carbocycles. The van der Waals surface area contributed by atoms with E-state index in [0.29, 0.717) is 30.2 Å². The molecule has 2 saturated heterocycles. The van der Waals surface area contributed by atoms with E-state index < -0.39 is 0 Å². The zero-order chi connectivity index (χ0) is 15.0. The number of carbonyl (C=O) groups is 1. The van der Waals surface area contributed by atoms with Crippen molar-refractivity contribution >= 4 is 5.91 Å². The largest absolute Gasteiger partial charge is 0.336 e. The molecule has 21 heavy (non-hydrogen) atoms. The molecule has 3 nitrogen and oxygen atoms in total. The number of carbonyl (C=O) groups excluding carboxylic acids is 1. The maximum Gasteiger partial charge on any atom is 0.254 e. The first-order chi connectivity index (χ1) is 10.1. The number of hydrogen-bond donors (Lipinski definition) is 1. The smallest absolute Gasteiger partial charge is 0.254 e. The van der Waals surface area contributed by atoms with Crippen molar-refractivity contribution in [3.8, 4) is 0 Å². The van der Waals surface area contributed by atoms with Crippen LogP contribution in [0.25, 0.3) is 0 Å². The van der Waals surface area contributed by atoms with Crippen molar-refractivity contribution in [2.24, 2.45) is 0 Å². The summed E-state index contributed by atoms with van der Waals surface area (Å²) in [6, 6.07) is 5.86. The summed E-state index contributed by atoms with van der Waals surface area (Å²) >= 11 is 0. The number of fused-ring (bicyclic) bond motifs is 2. The molecule has 2 aliphatic rings. The standard InChI is InChI=1S/C17H23FN2O/c1-3-20(15-9-13-5-6-14(10-15)19-13)17(21)16-7-4-12(18)8-11(16)2/h4,7-8,13-15,19H,3,5-6,9-10H2,1-2H3. The number of nitrogens with zero attached hydrogens (tertiary/aromatic N) is 1. The van der Waals surface area contributed by atoms with E-state index in [4.69, 9.17) is 0 Å². The predicted molar refractivity (Wildman–Crippen MR) is 80.8 cm³/mol. The normalized spacial score (nSPS) is 27.7. The highest BCUT2D eigenvalue weighted by Crippen LogP contribution is 2.30. The highest BCUT2D eigenvalue weighted by Gasteiger charge is 2.37. The summed E-state index contributed by atoms with van der Waals surface area (Å²) < 4.78 is 13.2. The molecule has 1 N–H and O–H groups in total. The highest BCUT2D eigenvalue weighted by molar-refractivity contribution is 5.95.